The van der Waals surface area contributed by atoms with Crippen LogP contribution in [0.3, 0.4) is 0 Å². The van der Waals surface area contributed by atoms with Crippen molar-refractivity contribution in [3.63, 3.8) is 0 Å². The molecule has 90 valence electrons. The number of likely N-dealkylation sites (N-methyl/N-ethyl adjacent to an activating group) is 1. The van der Waals surface area contributed by atoms with Gasteiger partial charge < -0.3 is 10.2 Å². The smallest absolute Gasteiger partial charge is 0.0492 e. The first-order valence-electron chi connectivity index (χ1n) is 6.14. The second-order valence-electron chi connectivity index (χ2n) is 4.75. The molecule has 1 saturated heterocycles. The van der Waals surface area contributed by atoms with E-state index in [1.807, 2.05) is 17.9 Å². The van der Waals surface area contributed by atoms with Gasteiger partial charge in [0.05, 0.1) is 0 Å². The molecule has 0 radical (unpaired) electrons. The SMILES string of the molecule is CN(CCc1ccnn1C)CC1CCCN1. The van der Waals surface area contributed by atoms with Crippen molar-refractivity contribution in [3.8, 4) is 0 Å². The molecular weight excluding hydrogens is 200 g/mol. The molecule has 1 aliphatic rings. The number of hydrogen-bond donors (Lipinski definition) is 1. The van der Waals surface area contributed by atoms with Gasteiger partial charge in [0.15, 0.2) is 0 Å². The van der Waals surface area contributed by atoms with Crippen molar-refractivity contribution in [2.75, 3.05) is 26.7 Å². The van der Waals surface area contributed by atoms with Gasteiger partial charge in [0.25, 0.3) is 0 Å². The van der Waals surface area contributed by atoms with Crippen molar-refractivity contribution >= 4 is 0 Å². The van der Waals surface area contributed by atoms with Gasteiger partial charge in [0.2, 0.25) is 0 Å². The number of nitrogens with one attached hydrogen (secondary N) is 1. The number of rotatable bonds is 5. The van der Waals surface area contributed by atoms with Crippen LogP contribution < -0.4 is 5.32 Å². The van der Waals surface area contributed by atoms with E-state index in [-0.39, 0.29) is 0 Å². The minimum Gasteiger partial charge on any atom is -0.313 e. The van der Waals surface area contributed by atoms with Gasteiger partial charge in [-0.1, -0.05) is 0 Å². The average Bonchev–Trinajstić information content (AvgIpc) is 2.87. The lowest BCUT2D eigenvalue weighted by Gasteiger charge is -2.20. The van der Waals surface area contributed by atoms with Crippen LogP contribution in [0.1, 0.15) is 18.5 Å². The molecule has 0 saturated carbocycles. The highest BCUT2D eigenvalue weighted by Gasteiger charge is 2.15. The zero-order chi connectivity index (χ0) is 11.4. The highest BCUT2D eigenvalue weighted by molar-refractivity contribution is 5.00. The molecule has 0 aliphatic carbocycles. The van der Waals surface area contributed by atoms with Gasteiger partial charge in [-0.15, -0.1) is 0 Å². The molecule has 0 bridgehead atoms. The molecule has 0 aromatic carbocycles. The summed E-state index contributed by atoms with van der Waals surface area (Å²) in [6.45, 7) is 3.47. The van der Waals surface area contributed by atoms with Crippen molar-refractivity contribution in [1.29, 1.82) is 0 Å². The van der Waals surface area contributed by atoms with Gasteiger partial charge in [0, 0.05) is 44.5 Å². The maximum atomic E-state index is 4.18. The Morgan fingerprint density at radius 2 is 2.50 bits per heavy atom. The molecule has 0 amide bonds. The molecule has 1 aliphatic heterocycles. The third-order valence-electron chi connectivity index (χ3n) is 3.37. The molecule has 2 heterocycles. The molecule has 1 unspecified atom stereocenters. The minimum atomic E-state index is 0.705. The van der Waals surface area contributed by atoms with E-state index in [2.05, 4.69) is 28.4 Å². The van der Waals surface area contributed by atoms with Gasteiger partial charge in [-0.3, -0.25) is 4.68 Å². The van der Waals surface area contributed by atoms with Crippen LogP contribution in [-0.4, -0.2) is 47.4 Å². The fourth-order valence-electron chi connectivity index (χ4n) is 2.33. The molecule has 2 rings (SSSR count). The monoisotopic (exact) mass is 222 g/mol. The van der Waals surface area contributed by atoms with Crippen LogP contribution in [0.15, 0.2) is 12.3 Å². The van der Waals surface area contributed by atoms with E-state index >= 15 is 0 Å². The molecule has 4 heteroatoms. The second kappa shape index (κ2) is 5.46. The summed E-state index contributed by atoms with van der Waals surface area (Å²) in [5.41, 5.74) is 1.31. The van der Waals surface area contributed by atoms with Crippen molar-refractivity contribution in [3.05, 3.63) is 18.0 Å². The van der Waals surface area contributed by atoms with Crippen LogP contribution in [0.4, 0.5) is 0 Å². The first-order chi connectivity index (χ1) is 7.75. The number of hydrogen-bond acceptors (Lipinski definition) is 3. The van der Waals surface area contributed by atoms with Gasteiger partial charge in [-0.25, -0.2) is 0 Å². The van der Waals surface area contributed by atoms with E-state index in [4.69, 9.17) is 0 Å². The van der Waals surface area contributed by atoms with Crippen LogP contribution in [-0.2, 0) is 13.5 Å². The van der Waals surface area contributed by atoms with E-state index < -0.39 is 0 Å². The lowest BCUT2D eigenvalue weighted by molar-refractivity contribution is 0.301. The average molecular weight is 222 g/mol. The summed E-state index contributed by atoms with van der Waals surface area (Å²) in [4.78, 5) is 2.41. The van der Waals surface area contributed by atoms with Crippen molar-refractivity contribution in [2.24, 2.45) is 7.05 Å². The highest BCUT2D eigenvalue weighted by Crippen LogP contribution is 2.06. The van der Waals surface area contributed by atoms with Crippen LogP contribution in [0, 0.1) is 0 Å². The summed E-state index contributed by atoms with van der Waals surface area (Å²) >= 11 is 0. The number of nitrogens with zero attached hydrogens (tertiary/aromatic N) is 3. The Morgan fingerprint density at radius 1 is 1.62 bits per heavy atom. The van der Waals surface area contributed by atoms with E-state index in [1.54, 1.807) is 0 Å². The Hall–Kier alpha value is -0.870. The van der Waals surface area contributed by atoms with Crippen LogP contribution in [0.25, 0.3) is 0 Å². The number of aryl methyl sites for hydroxylation is 1. The third kappa shape index (κ3) is 3.06. The fraction of sp³-hybridized carbons (Fsp3) is 0.750. The standard InChI is InChI=1S/C12H22N4/c1-15(10-11-4-3-7-13-11)9-6-12-5-8-14-16(12)2/h5,8,11,13H,3-4,6-7,9-10H2,1-2H3. The predicted octanol–water partition coefficient (Wildman–Crippen LogP) is 0.646. The van der Waals surface area contributed by atoms with E-state index in [1.165, 1.54) is 25.1 Å². The van der Waals surface area contributed by atoms with Gasteiger partial charge in [-0.2, -0.15) is 5.10 Å². The van der Waals surface area contributed by atoms with Gasteiger partial charge in [0.1, 0.15) is 0 Å². The van der Waals surface area contributed by atoms with Crippen LogP contribution >= 0.6 is 0 Å². The van der Waals surface area contributed by atoms with Gasteiger partial charge >= 0.3 is 0 Å². The van der Waals surface area contributed by atoms with Crippen molar-refractivity contribution in [2.45, 2.75) is 25.3 Å². The Morgan fingerprint density at radius 3 is 3.12 bits per heavy atom. The summed E-state index contributed by atoms with van der Waals surface area (Å²) in [6.07, 6.45) is 5.61. The fourth-order valence-corrected chi connectivity index (χ4v) is 2.33. The van der Waals surface area contributed by atoms with E-state index in [0.717, 1.165) is 19.5 Å². The summed E-state index contributed by atoms with van der Waals surface area (Å²) in [5, 5.41) is 7.72. The molecule has 1 fully saturated rings. The molecule has 0 spiro atoms. The van der Waals surface area contributed by atoms with Crippen LogP contribution in [0.5, 0.6) is 0 Å². The molecule has 16 heavy (non-hydrogen) atoms. The molecule has 1 N–H and O–H groups in total. The number of aromatic nitrogens is 2. The Kier molecular flexibility index (Phi) is 3.96. The molecule has 1 atom stereocenters. The predicted molar refractivity (Wildman–Crippen MR) is 65.4 cm³/mol. The van der Waals surface area contributed by atoms with Crippen LogP contribution in [0.2, 0.25) is 0 Å². The molecule has 1 aromatic heterocycles. The van der Waals surface area contributed by atoms with E-state index in [9.17, 15) is 0 Å². The summed E-state index contributed by atoms with van der Waals surface area (Å²) in [5.74, 6) is 0. The zero-order valence-corrected chi connectivity index (χ0v) is 10.3. The highest BCUT2D eigenvalue weighted by atomic mass is 15.3. The maximum absolute atomic E-state index is 4.18. The Bertz CT molecular complexity index is 315. The largest absolute Gasteiger partial charge is 0.313 e. The minimum absolute atomic E-state index is 0.705. The quantitative estimate of drug-likeness (QED) is 0.794. The Labute approximate surface area is 97.6 Å². The summed E-state index contributed by atoms with van der Waals surface area (Å²) in [6, 6.07) is 2.80. The first-order valence-corrected chi connectivity index (χ1v) is 6.14. The van der Waals surface area contributed by atoms with Gasteiger partial charge in [-0.05, 0) is 32.5 Å². The Balaban J connectivity index is 1.71. The maximum Gasteiger partial charge on any atom is 0.0492 e. The normalized spacial score (nSPS) is 20.8. The third-order valence-corrected chi connectivity index (χ3v) is 3.37. The lowest BCUT2D eigenvalue weighted by Crippen LogP contribution is -2.36. The lowest BCUT2D eigenvalue weighted by atomic mass is 10.2. The summed E-state index contributed by atoms with van der Waals surface area (Å²) < 4.78 is 1.96. The second-order valence-corrected chi connectivity index (χ2v) is 4.75. The summed E-state index contributed by atoms with van der Waals surface area (Å²) in [7, 11) is 4.21. The van der Waals surface area contributed by atoms with Crippen molar-refractivity contribution < 1.29 is 0 Å². The molecule has 4 nitrogen and oxygen atoms in total. The topological polar surface area (TPSA) is 33.1 Å². The van der Waals surface area contributed by atoms with Crippen molar-refractivity contribution in [1.82, 2.24) is 20.0 Å². The molecule has 1 aromatic rings. The zero-order valence-electron chi connectivity index (χ0n) is 10.3. The first kappa shape index (κ1) is 11.6. The van der Waals surface area contributed by atoms with E-state index in [0.29, 0.717) is 6.04 Å². The molecular formula is C12H22N4.